The number of carbonyl (C=O) groups is 1. The van der Waals surface area contributed by atoms with E-state index in [0.29, 0.717) is 48.0 Å². The molecule has 0 fully saturated rings. The summed E-state index contributed by atoms with van der Waals surface area (Å²) in [5, 5.41) is 7.69. The van der Waals surface area contributed by atoms with E-state index in [-0.39, 0.29) is 23.9 Å². The molecule has 0 aliphatic carbocycles. The van der Waals surface area contributed by atoms with E-state index in [9.17, 15) is 9.59 Å². The molecule has 0 radical (unpaired) electrons. The summed E-state index contributed by atoms with van der Waals surface area (Å²) < 4.78 is 12.8. The zero-order chi connectivity index (χ0) is 22.8. The van der Waals surface area contributed by atoms with Crippen LogP contribution in [-0.4, -0.2) is 38.9 Å². The Morgan fingerprint density at radius 2 is 1.94 bits per heavy atom. The molecule has 9 heteroatoms. The van der Waals surface area contributed by atoms with Crippen molar-refractivity contribution >= 4 is 16.9 Å². The maximum Gasteiger partial charge on any atom is 0.262 e. The number of aromatic nitrogens is 4. The molecule has 1 amide bonds. The molecule has 3 heterocycles. The van der Waals surface area contributed by atoms with Gasteiger partial charge in [0, 0.05) is 12.8 Å². The Balaban J connectivity index is 1.27. The summed E-state index contributed by atoms with van der Waals surface area (Å²) in [5.74, 6) is 1.69. The Hall–Kier alpha value is -4.14. The van der Waals surface area contributed by atoms with Gasteiger partial charge in [-0.2, -0.15) is 5.10 Å². The highest BCUT2D eigenvalue weighted by Crippen LogP contribution is 2.32. The lowest BCUT2D eigenvalue weighted by Gasteiger charge is -2.21. The van der Waals surface area contributed by atoms with Crippen LogP contribution in [0.4, 0.5) is 0 Å². The molecule has 0 saturated carbocycles. The predicted molar refractivity (Wildman–Crippen MR) is 122 cm³/mol. The largest absolute Gasteiger partial charge is 0.486 e. The number of H-pyrrole nitrogens is 1. The Morgan fingerprint density at radius 3 is 2.76 bits per heavy atom. The smallest absolute Gasteiger partial charge is 0.262 e. The monoisotopic (exact) mass is 445 g/mol. The Labute approximate surface area is 189 Å². The topological polar surface area (TPSA) is 111 Å². The SMILES string of the molecule is C[C@@H](NC(=O)CCc1nc2c(cnn2-c2ccccc2)c(=O)[nH]1)c1ccc2c(c1)OCCO2. The molecule has 0 bridgehead atoms. The summed E-state index contributed by atoms with van der Waals surface area (Å²) in [6.45, 7) is 2.95. The third-order valence-corrected chi connectivity index (χ3v) is 5.52. The number of rotatable bonds is 6. The second-order valence-corrected chi connectivity index (χ2v) is 7.83. The highest BCUT2D eigenvalue weighted by atomic mass is 16.6. The number of aryl methyl sites for hydroxylation is 1. The lowest BCUT2D eigenvalue weighted by molar-refractivity contribution is -0.121. The van der Waals surface area contributed by atoms with E-state index in [2.05, 4.69) is 20.4 Å². The van der Waals surface area contributed by atoms with Gasteiger partial charge >= 0.3 is 0 Å². The maximum absolute atomic E-state index is 12.6. The molecule has 1 aliphatic rings. The number of fused-ring (bicyclic) bond motifs is 2. The van der Waals surface area contributed by atoms with Crippen molar-refractivity contribution in [3.8, 4) is 17.2 Å². The van der Waals surface area contributed by atoms with Crippen LogP contribution in [0.1, 0.15) is 30.8 Å². The van der Waals surface area contributed by atoms with Gasteiger partial charge in [-0.05, 0) is 36.8 Å². The van der Waals surface area contributed by atoms with Gasteiger partial charge in [-0.25, -0.2) is 9.67 Å². The molecular weight excluding hydrogens is 422 g/mol. The van der Waals surface area contributed by atoms with Gasteiger partial charge in [-0.15, -0.1) is 0 Å². The number of carbonyl (C=O) groups excluding carboxylic acids is 1. The van der Waals surface area contributed by atoms with E-state index in [1.54, 1.807) is 4.68 Å². The number of benzene rings is 2. The van der Waals surface area contributed by atoms with Gasteiger partial charge in [0.1, 0.15) is 24.4 Å². The van der Waals surface area contributed by atoms with Crippen molar-refractivity contribution in [1.82, 2.24) is 25.1 Å². The molecule has 0 saturated heterocycles. The Kier molecular flexibility index (Phi) is 5.52. The number of ether oxygens (including phenoxy) is 2. The van der Waals surface area contributed by atoms with E-state index in [4.69, 9.17) is 9.47 Å². The molecule has 1 aliphatic heterocycles. The zero-order valence-electron chi connectivity index (χ0n) is 18.1. The third-order valence-electron chi connectivity index (χ3n) is 5.52. The first-order valence-electron chi connectivity index (χ1n) is 10.8. The van der Waals surface area contributed by atoms with Crippen LogP contribution in [0.3, 0.4) is 0 Å². The molecule has 2 aromatic heterocycles. The van der Waals surface area contributed by atoms with Crippen LogP contribution in [0.25, 0.3) is 16.7 Å². The molecular formula is C24H23N5O4. The summed E-state index contributed by atoms with van der Waals surface area (Å²) in [6.07, 6.45) is 1.98. The van der Waals surface area contributed by atoms with E-state index in [1.165, 1.54) is 6.20 Å². The molecule has 2 aromatic carbocycles. The van der Waals surface area contributed by atoms with Crippen molar-refractivity contribution in [2.75, 3.05) is 13.2 Å². The van der Waals surface area contributed by atoms with Crippen LogP contribution in [-0.2, 0) is 11.2 Å². The summed E-state index contributed by atoms with van der Waals surface area (Å²) in [4.78, 5) is 32.4. The van der Waals surface area contributed by atoms with Gasteiger partial charge in [-0.1, -0.05) is 24.3 Å². The minimum absolute atomic E-state index is 0.142. The predicted octanol–water partition coefficient (Wildman–Crippen LogP) is 2.69. The minimum atomic E-state index is -0.276. The van der Waals surface area contributed by atoms with Crippen LogP contribution in [0.2, 0.25) is 0 Å². The van der Waals surface area contributed by atoms with E-state index < -0.39 is 0 Å². The lowest BCUT2D eigenvalue weighted by atomic mass is 10.1. The Bertz CT molecular complexity index is 1360. The fraction of sp³-hybridized carbons (Fsp3) is 0.250. The fourth-order valence-electron chi connectivity index (χ4n) is 3.80. The average Bonchev–Trinajstić information content (AvgIpc) is 3.27. The summed E-state index contributed by atoms with van der Waals surface area (Å²) >= 11 is 0. The van der Waals surface area contributed by atoms with Crippen molar-refractivity contribution in [1.29, 1.82) is 0 Å². The van der Waals surface area contributed by atoms with Crippen molar-refractivity contribution < 1.29 is 14.3 Å². The van der Waals surface area contributed by atoms with Crippen LogP contribution in [0.5, 0.6) is 11.5 Å². The number of nitrogens with one attached hydrogen (secondary N) is 2. The van der Waals surface area contributed by atoms with Crippen LogP contribution in [0.15, 0.2) is 59.5 Å². The quantitative estimate of drug-likeness (QED) is 0.472. The molecule has 33 heavy (non-hydrogen) atoms. The third kappa shape index (κ3) is 4.30. The van der Waals surface area contributed by atoms with Crippen LogP contribution < -0.4 is 20.3 Å². The Morgan fingerprint density at radius 1 is 1.15 bits per heavy atom. The van der Waals surface area contributed by atoms with Crippen molar-refractivity contribution in [3.05, 3.63) is 76.5 Å². The number of hydrogen-bond donors (Lipinski definition) is 2. The van der Waals surface area contributed by atoms with E-state index in [1.807, 2.05) is 55.5 Å². The molecule has 1 atom stereocenters. The second-order valence-electron chi connectivity index (χ2n) is 7.83. The normalized spacial score (nSPS) is 13.6. The zero-order valence-corrected chi connectivity index (χ0v) is 18.1. The molecule has 0 unspecified atom stereocenters. The molecule has 4 aromatic rings. The fourth-order valence-corrected chi connectivity index (χ4v) is 3.80. The first kappa shape index (κ1) is 20.7. The van der Waals surface area contributed by atoms with Crippen LogP contribution >= 0.6 is 0 Å². The maximum atomic E-state index is 12.6. The molecule has 168 valence electrons. The standard InChI is InChI=1S/C24H23N5O4/c1-15(16-7-8-19-20(13-16)33-12-11-32-19)26-22(30)10-9-21-27-23-18(24(31)28-21)14-25-29(23)17-5-3-2-4-6-17/h2-8,13-15H,9-12H2,1H3,(H,26,30)(H,27,28,31)/t15-/m1/s1. The number of amides is 1. The molecule has 0 spiro atoms. The lowest BCUT2D eigenvalue weighted by Crippen LogP contribution is -2.27. The molecule has 2 N–H and O–H groups in total. The van der Waals surface area contributed by atoms with Crippen molar-refractivity contribution in [3.63, 3.8) is 0 Å². The first-order valence-corrected chi connectivity index (χ1v) is 10.8. The van der Waals surface area contributed by atoms with Crippen LogP contribution in [0, 0.1) is 0 Å². The van der Waals surface area contributed by atoms with Gasteiger partial charge in [0.2, 0.25) is 5.91 Å². The summed E-state index contributed by atoms with van der Waals surface area (Å²) in [7, 11) is 0. The van der Waals surface area contributed by atoms with Crippen molar-refractivity contribution in [2.45, 2.75) is 25.8 Å². The minimum Gasteiger partial charge on any atom is -0.486 e. The van der Waals surface area contributed by atoms with Gasteiger partial charge in [0.25, 0.3) is 5.56 Å². The summed E-state index contributed by atoms with van der Waals surface area (Å²) in [5.41, 5.74) is 1.92. The highest BCUT2D eigenvalue weighted by Gasteiger charge is 2.17. The second kappa shape index (κ2) is 8.78. The number of hydrogen-bond acceptors (Lipinski definition) is 6. The number of para-hydroxylation sites is 1. The molecule has 5 rings (SSSR count). The van der Waals surface area contributed by atoms with Gasteiger partial charge < -0.3 is 19.8 Å². The average molecular weight is 445 g/mol. The summed E-state index contributed by atoms with van der Waals surface area (Å²) in [6, 6.07) is 14.9. The van der Waals surface area contributed by atoms with Gasteiger partial charge in [0.05, 0.1) is 17.9 Å². The highest BCUT2D eigenvalue weighted by molar-refractivity contribution is 5.77. The van der Waals surface area contributed by atoms with E-state index in [0.717, 1.165) is 11.3 Å². The molecule has 9 nitrogen and oxygen atoms in total. The van der Waals surface area contributed by atoms with Gasteiger partial charge in [-0.3, -0.25) is 9.59 Å². The number of aromatic amines is 1. The van der Waals surface area contributed by atoms with Crippen molar-refractivity contribution in [2.24, 2.45) is 0 Å². The van der Waals surface area contributed by atoms with Gasteiger partial charge in [0.15, 0.2) is 17.1 Å². The number of nitrogens with zero attached hydrogens (tertiary/aromatic N) is 3. The van der Waals surface area contributed by atoms with E-state index >= 15 is 0 Å². The first-order chi connectivity index (χ1) is 16.1.